The highest BCUT2D eigenvalue weighted by atomic mass is 35.5. The van der Waals surface area contributed by atoms with Gasteiger partial charge < -0.3 is 10.4 Å². The van der Waals surface area contributed by atoms with E-state index in [0.717, 1.165) is 28.1 Å². The number of nitrogens with one attached hydrogen (secondary N) is 1. The van der Waals surface area contributed by atoms with Gasteiger partial charge in [-0.15, -0.1) is 0 Å². The first-order valence-electron chi connectivity index (χ1n) is 7.27. The molecule has 2 atom stereocenters. The Labute approximate surface area is 131 Å². The van der Waals surface area contributed by atoms with E-state index in [-0.39, 0.29) is 6.04 Å². The lowest BCUT2D eigenvalue weighted by atomic mass is 10.0. The summed E-state index contributed by atoms with van der Waals surface area (Å²) in [4.78, 5) is 0. The molecule has 0 unspecified atom stereocenters. The second-order valence-electron chi connectivity index (χ2n) is 5.53. The van der Waals surface area contributed by atoms with E-state index >= 15 is 0 Å². The summed E-state index contributed by atoms with van der Waals surface area (Å²) < 4.78 is 0. The summed E-state index contributed by atoms with van der Waals surface area (Å²) in [5, 5.41) is 14.4. The van der Waals surface area contributed by atoms with Crippen molar-refractivity contribution in [1.82, 2.24) is 5.32 Å². The summed E-state index contributed by atoms with van der Waals surface area (Å²) in [7, 11) is 0. The lowest BCUT2D eigenvalue weighted by Crippen LogP contribution is -2.32. The van der Waals surface area contributed by atoms with E-state index in [1.165, 1.54) is 0 Å². The van der Waals surface area contributed by atoms with Gasteiger partial charge in [-0.05, 0) is 37.5 Å². The van der Waals surface area contributed by atoms with Crippen LogP contribution in [0.5, 0.6) is 0 Å². The lowest BCUT2D eigenvalue weighted by Gasteiger charge is -2.18. The van der Waals surface area contributed by atoms with Crippen LogP contribution in [0, 0.1) is 6.92 Å². The van der Waals surface area contributed by atoms with Crippen LogP contribution in [-0.2, 0) is 6.42 Å². The van der Waals surface area contributed by atoms with Crippen molar-refractivity contribution in [3.05, 3.63) is 70.2 Å². The molecule has 0 aliphatic rings. The third-order valence-corrected chi connectivity index (χ3v) is 3.94. The summed E-state index contributed by atoms with van der Waals surface area (Å²) >= 11 is 6.17. The number of aliphatic hydroxyl groups excluding tert-OH is 1. The molecule has 2 aromatic rings. The normalized spacial score (nSPS) is 13.9. The largest absolute Gasteiger partial charge is 0.387 e. The number of rotatable bonds is 6. The fourth-order valence-corrected chi connectivity index (χ4v) is 2.59. The van der Waals surface area contributed by atoms with Crippen LogP contribution in [-0.4, -0.2) is 17.7 Å². The maximum Gasteiger partial charge on any atom is 0.0914 e. The van der Waals surface area contributed by atoms with E-state index < -0.39 is 6.10 Å². The minimum absolute atomic E-state index is 0.254. The molecule has 0 bridgehead atoms. The van der Waals surface area contributed by atoms with Crippen LogP contribution in [0.25, 0.3) is 0 Å². The summed E-state index contributed by atoms with van der Waals surface area (Å²) in [5.41, 5.74) is 3.24. The number of hydrogen-bond donors (Lipinski definition) is 2. The number of benzene rings is 2. The average Bonchev–Trinajstić information content (AvgIpc) is 2.47. The van der Waals surface area contributed by atoms with Crippen molar-refractivity contribution in [2.45, 2.75) is 32.4 Å². The molecule has 0 heterocycles. The van der Waals surface area contributed by atoms with Gasteiger partial charge in [0.25, 0.3) is 0 Å². The number of halogens is 1. The van der Waals surface area contributed by atoms with E-state index in [1.54, 1.807) is 0 Å². The molecule has 2 aromatic carbocycles. The van der Waals surface area contributed by atoms with E-state index in [1.807, 2.05) is 55.5 Å². The maximum absolute atomic E-state index is 10.2. The van der Waals surface area contributed by atoms with Crippen LogP contribution in [0.1, 0.15) is 29.7 Å². The van der Waals surface area contributed by atoms with Crippen LogP contribution in [0.15, 0.2) is 48.5 Å². The van der Waals surface area contributed by atoms with E-state index in [2.05, 4.69) is 12.2 Å². The van der Waals surface area contributed by atoms with Gasteiger partial charge in [-0.25, -0.2) is 0 Å². The van der Waals surface area contributed by atoms with Gasteiger partial charge in [0.2, 0.25) is 0 Å². The van der Waals surface area contributed by atoms with Crippen molar-refractivity contribution in [2.75, 3.05) is 6.54 Å². The van der Waals surface area contributed by atoms with Gasteiger partial charge >= 0.3 is 0 Å². The predicted molar refractivity (Wildman–Crippen MR) is 88.8 cm³/mol. The van der Waals surface area contributed by atoms with Crippen LogP contribution < -0.4 is 5.32 Å². The standard InChI is InChI=1S/C18H22ClNO/c1-13-6-5-8-16(10-13)18(21)12-20-14(2)11-15-7-3-4-9-17(15)19/h3-10,14,18,20-21H,11-12H2,1-2H3/t14-,18+/m1/s1. The van der Waals surface area contributed by atoms with Crippen molar-refractivity contribution in [3.63, 3.8) is 0 Å². The Kier molecular flexibility index (Phi) is 5.80. The quantitative estimate of drug-likeness (QED) is 0.848. The summed E-state index contributed by atoms with van der Waals surface area (Å²) in [5.74, 6) is 0. The predicted octanol–water partition coefficient (Wildman–Crippen LogP) is 3.90. The van der Waals surface area contributed by atoms with E-state index in [9.17, 15) is 5.11 Å². The zero-order valence-electron chi connectivity index (χ0n) is 12.5. The smallest absolute Gasteiger partial charge is 0.0914 e. The molecule has 2 N–H and O–H groups in total. The summed E-state index contributed by atoms with van der Waals surface area (Å²) in [6, 6.07) is 16.1. The molecule has 0 radical (unpaired) electrons. The van der Waals surface area contributed by atoms with Gasteiger partial charge in [0.15, 0.2) is 0 Å². The first kappa shape index (κ1) is 16.0. The topological polar surface area (TPSA) is 32.3 Å². The maximum atomic E-state index is 10.2. The van der Waals surface area contributed by atoms with Crippen molar-refractivity contribution < 1.29 is 5.11 Å². The Balaban J connectivity index is 1.86. The van der Waals surface area contributed by atoms with Gasteiger partial charge in [-0.3, -0.25) is 0 Å². The van der Waals surface area contributed by atoms with Crippen molar-refractivity contribution >= 4 is 11.6 Å². The minimum Gasteiger partial charge on any atom is -0.387 e. The van der Waals surface area contributed by atoms with Gasteiger partial charge in [-0.1, -0.05) is 59.6 Å². The van der Waals surface area contributed by atoms with Gasteiger partial charge in [0.05, 0.1) is 6.10 Å². The Morgan fingerprint density at radius 1 is 1.14 bits per heavy atom. The third kappa shape index (κ3) is 4.85. The molecule has 0 aromatic heterocycles. The second kappa shape index (κ2) is 7.60. The fraction of sp³-hybridized carbons (Fsp3) is 0.333. The van der Waals surface area contributed by atoms with Crippen molar-refractivity contribution in [2.24, 2.45) is 0 Å². The Morgan fingerprint density at radius 2 is 1.90 bits per heavy atom. The van der Waals surface area contributed by atoms with Crippen LogP contribution in [0.2, 0.25) is 5.02 Å². The molecular formula is C18H22ClNO. The SMILES string of the molecule is Cc1cccc([C@@H](O)CN[C@H](C)Cc2ccccc2Cl)c1. The molecule has 2 nitrogen and oxygen atoms in total. The summed E-state index contributed by atoms with van der Waals surface area (Å²) in [6.45, 7) is 4.67. The molecule has 2 rings (SSSR count). The first-order valence-corrected chi connectivity index (χ1v) is 7.65. The number of aryl methyl sites for hydroxylation is 1. The highest BCUT2D eigenvalue weighted by molar-refractivity contribution is 6.31. The molecular weight excluding hydrogens is 282 g/mol. The fourth-order valence-electron chi connectivity index (χ4n) is 2.37. The zero-order chi connectivity index (χ0) is 15.2. The Hall–Kier alpha value is -1.35. The Bertz CT molecular complexity index is 585. The lowest BCUT2D eigenvalue weighted by molar-refractivity contribution is 0.170. The van der Waals surface area contributed by atoms with Gasteiger partial charge in [0, 0.05) is 17.6 Å². The van der Waals surface area contributed by atoms with Gasteiger partial charge in [0.1, 0.15) is 0 Å². The van der Waals surface area contributed by atoms with Crippen LogP contribution in [0.4, 0.5) is 0 Å². The molecule has 0 aliphatic heterocycles. The molecule has 0 spiro atoms. The third-order valence-electron chi connectivity index (χ3n) is 3.57. The molecule has 112 valence electrons. The molecule has 0 aliphatic carbocycles. The molecule has 3 heteroatoms. The van der Waals surface area contributed by atoms with Gasteiger partial charge in [-0.2, -0.15) is 0 Å². The number of aliphatic hydroxyl groups is 1. The average molecular weight is 304 g/mol. The zero-order valence-corrected chi connectivity index (χ0v) is 13.3. The first-order chi connectivity index (χ1) is 10.1. The second-order valence-corrected chi connectivity index (χ2v) is 5.94. The highest BCUT2D eigenvalue weighted by Crippen LogP contribution is 2.17. The molecule has 0 saturated carbocycles. The number of hydrogen-bond acceptors (Lipinski definition) is 2. The highest BCUT2D eigenvalue weighted by Gasteiger charge is 2.11. The summed E-state index contributed by atoms with van der Waals surface area (Å²) in [6.07, 6.45) is 0.360. The van der Waals surface area contributed by atoms with Crippen molar-refractivity contribution in [1.29, 1.82) is 0 Å². The molecule has 21 heavy (non-hydrogen) atoms. The van der Waals surface area contributed by atoms with E-state index in [4.69, 9.17) is 11.6 Å². The van der Waals surface area contributed by atoms with Crippen LogP contribution in [0.3, 0.4) is 0 Å². The molecule has 0 amide bonds. The molecule has 0 fully saturated rings. The Morgan fingerprint density at radius 3 is 2.62 bits per heavy atom. The van der Waals surface area contributed by atoms with Crippen molar-refractivity contribution in [3.8, 4) is 0 Å². The van der Waals surface area contributed by atoms with Crippen LogP contribution >= 0.6 is 11.6 Å². The minimum atomic E-state index is -0.487. The molecule has 0 saturated heterocycles. The van der Waals surface area contributed by atoms with E-state index in [0.29, 0.717) is 6.54 Å². The monoisotopic (exact) mass is 303 g/mol.